The number of aromatic nitrogens is 4. The molecular weight excluding hydrogens is 506 g/mol. The molecule has 6 rings (SSSR count). The molecule has 0 radical (unpaired) electrons. The third kappa shape index (κ3) is 5.32. The first-order chi connectivity index (χ1) is 19.5. The number of nitrogens with one attached hydrogen (secondary N) is 1. The molecular formula is C30H27N7O3. The monoisotopic (exact) mass is 533 g/mol. The molecule has 0 atom stereocenters. The molecule has 0 bridgehead atoms. The van der Waals surface area contributed by atoms with Gasteiger partial charge >= 0.3 is 0 Å². The van der Waals surface area contributed by atoms with Crippen LogP contribution in [0.4, 0.5) is 11.5 Å². The van der Waals surface area contributed by atoms with E-state index >= 15 is 0 Å². The van der Waals surface area contributed by atoms with Gasteiger partial charge in [0.05, 0.1) is 6.33 Å². The number of ether oxygens (including phenoxy) is 1. The van der Waals surface area contributed by atoms with Crippen LogP contribution in [0.5, 0.6) is 11.5 Å². The molecule has 0 aliphatic carbocycles. The zero-order valence-corrected chi connectivity index (χ0v) is 21.7. The van der Waals surface area contributed by atoms with E-state index in [-0.39, 0.29) is 5.91 Å². The summed E-state index contributed by atoms with van der Waals surface area (Å²) in [6.07, 6.45) is 3.21. The summed E-state index contributed by atoms with van der Waals surface area (Å²) >= 11 is 0. The first kappa shape index (κ1) is 25.1. The largest absolute Gasteiger partial charge is 0.457 e. The van der Waals surface area contributed by atoms with E-state index in [2.05, 4.69) is 10.3 Å². The zero-order valence-electron chi connectivity index (χ0n) is 21.7. The van der Waals surface area contributed by atoms with Gasteiger partial charge in [0, 0.05) is 42.9 Å². The summed E-state index contributed by atoms with van der Waals surface area (Å²) in [6.45, 7) is 1.92. The van der Waals surface area contributed by atoms with Crippen LogP contribution >= 0.6 is 0 Å². The van der Waals surface area contributed by atoms with Gasteiger partial charge in [0.15, 0.2) is 22.8 Å². The molecule has 0 unspecified atom stereocenters. The lowest BCUT2D eigenvalue weighted by molar-refractivity contribution is -0.127. The van der Waals surface area contributed by atoms with Gasteiger partial charge in [-0.15, -0.1) is 0 Å². The molecule has 5 aromatic rings. The Balaban J connectivity index is 1.31. The average molecular weight is 534 g/mol. The molecule has 40 heavy (non-hydrogen) atoms. The van der Waals surface area contributed by atoms with Crippen LogP contribution in [-0.2, 0) is 11.3 Å². The molecule has 0 saturated carbocycles. The van der Waals surface area contributed by atoms with Gasteiger partial charge in [-0.3, -0.25) is 9.59 Å². The topological polar surface area (TPSA) is 128 Å². The summed E-state index contributed by atoms with van der Waals surface area (Å²) in [5.41, 5.74) is 8.59. The summed E-state index contributed by atoms with van der Waals surface area (Å²) in [7, 11) is 0. The summed E-state index contributed by atoms with van der Waals surface area (Å²) in [4.78, 5) is 39.8. The second kappa shape index (κ2) is 10.9. The molecule has 3 heterocycles. The molecule has 2 aromatic heterocycles. The minimum absolute atomic E-state index is 0.177. The fraction of sp³-hybridized carbons (Fsp3) is 0.167. The number of para-hydroxylation sites is 1. The zero-order chi connectivity index (χ0) is 27.5. The van der Waals surface area contributed by atoms with E-state index in [0.29, 0.717) is 53.6 Å². The average Bonchev–Trinajstić information content (AvgIpc) is 3.59. The molecule has 10 nitrogen and oxygen atoms in total. The van der Waals surface area contributed by atoms with Crippen LogP contribution in [0.3, 0.4) is 0 Å². The number of carbonyl (C=O) groups is 2. The number of nitrogens with two attached hydrogens (primary N) is 1. The van der Waals surface area contributed by atoms with Gasteiger partial charge in [0.1, 0.15) is 11.5 Å². The normalized spacial score (nSPS) is 13.1. The summed E-state index contributed by atoms with van der Waals surface area (Å²) < 4.78 is 7.84. The second-order valence-corrected chi connectivity index (χ2v) is 9.50. The van der Waals surface area contributed by atoms with Crippen molar-refractivity contribution in [2.45, 2.75) is 19.4 Å². The van der Waals surface area contributed by atoms with Crippen molar-refractivity contribution in [3.63, 3.8) is 0 Å². The number of rotatable bonds is 9. The van der Waals surface area contributed by atoms with Crippen molar-refractivity contribution < 1.29 is 14.3 Å². The van der Waals surface area contributed by atoms with E-state index in [9.17, 15) is 9.59 Å². The van der Waals surface area contributed by atoms with Gasteiger partial charge in [0.2, 0.25) is 11.8 Å². The molecule has 2 amide bonds. The first-order valence-corrected chi connectivity index (χ1v) is 13.0. The second-order valence-electron chi connectivity index (χ2n) is 9.50. The van der Waals surface area contributed by atoms with Crippen molar-refractivity contribution in [1.82, 2.24) is 24.4 Å². The first-order valence-electron chi connectivity index (χ1n) is 13.0. The number of carbonyl (C=O) groups excluding carboxylic acids is 2. The van der Waals surface area contributed by atoms with Gasteiger partial charge in [-0.25, -0.2) is 15.0 Å². The third-order valence-corrected chi connectivity index (χ3v) is 6.77. The highest BCUT2D eigenvalue weighted by molar-refractivity contribution is 5.93. The fourth-order valence-electron chi connectivity index (χ4n) is 4.64. The number of anilines is 2. The van der Waals surface area contributed by atoms with Crippen LogP contribution in [0.2, 0.25) is 0 Å². The smallest absolute Gasteiger partial charge is 0.248 e. The van der Waals surface area contributed by atoms with Crippen LogP contribution in [0.15, 0.2) is 85.2 Å². The Morgan fingerprint density at radius 1 is 0.925 bits per heavy atom. The van der Waals surface area contributed by atoms with E-state index in [1.807, 2.05) is 64.1 Å². The van der Waals surface area contributed by atoms with E-state index in [1.165, 1.54) is 0 Å². The highest BCUT2D eigenvalue weighted by atomic mass is 16.5. The van der Waals surface area contributed by atoms with Gasteiger partial charge in [-0.2, -0.15) is 0 Å². The van der Waals surface area contributed by atoms with Crippen molar-refractivity contribution in [1.29, 1.82) is 0 Å². The number of likely N-dealkylation sites (tertiary alicyclic amines) is 1. The summed E-state index contributed by atoms with van der Waals surface area (Å²) in [5, 5.41) is 3.37. The molecule has 3 N–H and O–H groups in total. The van der Waals surface area contributed by atoms with E-state index in [4.69, 9.17) is 20.4 Å². The maximum Gasteiger partial charge on any atom is 0.248 e. The quantitative estimate of drug-likeness (QED) is 0.280. The van der Waals surface area contributed by atoms with Crippen molar-refractivity contribution >= 4 is 34.5 Å². The molecule has 1 fully saturated rings. The van der Waals surface area contributed by atoms with Crippen molar-refractivity contribution in [3.8, 4) is 22.9 Å². The van der Waals surface area contributed by atoms with Crippen molar-refractivity contribution in [2.75, 3.05) is 18.4 Å². The highest BCUT2D eigenvalue weighted by Crippen LogP contribution is 2.29. The lowest BCUT2D eigenvalue weighted by Crippen LogP contribution is -2.28. The van der Waals surface area contributed by atoms with Gasteiger partial charge < -0.3 is 25.3 Å². The Kier molecular flexibility index (Phi) is 6.80. The van der Waals surface area contributed by atoms with E-state index < -0.39 is 5.91 Å². The predicted octanol–water partition coefficient (Wildman–Crippen LogP) is 4.75. The van der Waals surface area contributed by atoms with Gasteiger partial charge in [-0.05, 0) is 55.0 Å². The van der Waals surface area contributed by atoms with Crippen LogP contribution in [0.1, 0.15) is 23.2 Å². The van der Waals surface area contributed by atoms with Gasteiger partial charge in [-0.1, -0.05) is 30.3 Å². The van der Waals surface area contributed by atoms with Gasteiger partial charge in [0.25, 0.3) is 0 Å². The Morgan fingerprint density at radius 2 is 1.68 bits per heavy atom. The predicted molar refractivity (Wildman–Crippen MR) is 151 cm³/mol. The molecule has 1 aliphatic heterocycles. The minimum Gasteiger partial charge on any atom is -0.457 e. The lowest BCUT2D eigenvalue weighted by Gasteiger charge is -2.16. The summed E-state index contributed by atoms with van der Waals surface area (Å²) in [6, 6.07) is 24.0. The number of hydrogen-bond acceptors (Lipinski definition) is 7. The maximum absolute atomic E-state index is 12.1. The molecule has 1 saturated heterocycles. The fourth-order valence-corrected chi connectivity index (χ4v) is 4.64. The van der Waals surface area contributed by atoms with Crippen molar-refractivity contribution in [3.05, 3.63) is 90.8 Å². The number of benzene rings is 3. The summed E-state index contributed by atoms with van der Waals surface area (Å²) in [5.74, 6) is 2.14. The Bertz CT molecular complexity index is 1670. The van der Waals surface area contributed by atoms with Crippen LogP contribution in [0, 0.1) is 0 Å². The number of hydrogen-bond donors (Lipinski definition) is 2. The number of nitrogens with zero attached hydrogens (tertiary/aromatic N) is 5. The standard InChI is InChI=1S/C30H27N7O3/c31-27(39)20-8-10-21(11-9-20)28-34-29(33-22-12-14-24(15-13-22)40-23-5-2-1-3-6-23)26-30(35-28)37(19-32-26)18-17-36-16-4-7-25(36)38/h1-3,5-6,8-15,19H,4,7,16-18H2,(H2,31,39)(H,33,34,35). The maximum atomic E-state index is 12.1. The SMILES string of the molecule is NC(=O)c1ccc(-c2nc(Nc3ccc(Oc4ccccc4)cc3)c3ncn(CCN4CCCC4=O)c3n2)cc1. The number of imidazole rings is 1. The van der Waals surface area contributed by atoms with Crippen molar-refractivity contribution in [2.24, 2.45) is 5.73 Å². The molecule has 10 heteroatoms. The van der Waals surface area contributed by atoms with E-state index in [1.54, 1.807) is 30.6 Å². The van der Waals surface area contributed by atoms with Crippen LogP contribution < -0.4 is 15.8 Å². The minimum atomic E-state index is -0.500. The number of amides is 2. The molecule has 1 aliphatic rings. The lowest BCUT2D eigenvalue weighted by atomic mass is 10.1. The number of fused-ring (bicyclic) bond motifs is 1. The Morgan fingerprint density at radius 3 is 2.38 bits per heavy atom. The highest BCUT2D eigenvalue weighted by Gasteiger charge is 2.21. The third-order valence-electron chi connectivity index (χ3n) is 6.77. The van der Waals surface area contributed by atoms with E-state index in [0.717, 1.165) is 30.0 Å². The molecule has 3 aromatic carbocycles. The Hall–Kier alpha value is -5.25. The van der Waals surface area contributed by atoms with Crippen LogP contribution in [-0.4, -0.2) is 49.3 Å². The Labute approximate surface area is 230 Å². The molecule has 0 spiro atoms. The molecule has 200 valence electrons. The van der Waals surface area contributed by atoms with Crippen LogP contribution in [0.25, 0.3) is 22.6 Å². The number of primary amides is 1.